The summed E-state index contributed by atoms with van der Waals surface area (Å²) in [5.41, 5.74) is 6.43. The maximum Gasteiger partial charge on any atom is 0.0827 e. The van der Waals surface area contributed by atoms with Gasteiger partial charge in [-0.25, -0.2) is 0 Å². The molecule has 1 aliphatic heterocycles. The number of aromatic amines is 1. The fourth-order valence-electron chi connectivity index (χ4n) is 3.28. The first-order valence-corrected chi connectivity index (χ1v) is 8.24. The van der Waals surface area contributed by atoms with Crippen molar-refractivity contribution < 1.29 is 0 Å². The largest absolute Gasteiger partial charge is 0.366 e. The number of hydrogen-bond acceptors (Lipinski definition) is 3. The minimum Gasteiger partial charge on any atom is -0.366 e. The highest BCUT2D eigenvalue weighted by Crippen LogP contribution is 2.23. The summed E-state index contributed by atoms with van der Waals surface area (Å²) in [5, 5.41) is 7.40. The van der Waals surface area contributed by atoms with Gasteiger partial charge in [0.1, 0.15) is 0 Å². The van der Waals surface area contributed by atoms with E-state index in [0.717, 1.165) is 44.8 Å². The number of benzene rings is 1. The van der Waals surface area contributed by atoms with Crippen molar-refractivity contribution in [3.8, 4) is 0 Å². The van der Waals surface area contributed by atoms with E-state index in [9.17, 15) is 0 Å². The van der Waals surface area contributed by atoms with Crippen LogP contribution in [-0.2, 0) is 13.0 Å². The van der Waals surface area contributed by atoms with Crippen molar-refractivity contribution in [2.24, 2.45) is 0 Å². The molecule has 4 nitrogen and oxygen atoms in total. The predicted molar refractivity (Wildman–Crippen MR) is 91.4 cm³/mol. The Bertz CT molecular complexity index is 587. The summed E-state index contributed by atoms with van der Waals surface area (Å²) in [6.07, 6.45) is 1.11. The minimum absolute atomic E-state index is 1.06. The summed E-state index contributed by atoms with van der Waals surface area (Å²) in [5.74, 6) is 0. The molecule has 22 heavy (non-hydrogen) atoms. The summed E-state index contributed by atoms with van der Waals surface area (Å²) in [7, 11) is 0. The van der Waals surface area contributed by atoms with E-state index in [1.165, 1.54) is 22.5 Å². The van der Waals surface area contributed by atoms with Crippen molar-refractivity contribution in [3.63, 3.8) is 0 Å². The maximum absolute atomic E-state index is 4.31. The second-order valence-electron chi connectivity index (χ2n) is 6.22. The number of hydrogen-bond donors (Lipinski definition) is 1. The molecule has 2 aromatic rings. The lowest BCUT2D eigenvalue weighted by molar-refractivity contribution is 0.249. The summed E-state index contributed by atoms with van der Waals surface area (Å²) in [6.45, 7) is 11.8. The van der Waals surface area contributed by atoms with Crippen LogP contribution < -0.4 is 4.90 Å². The summed E-state index contributed by atoms with van der Waals surface area (Å²) >= 11 is 0. The second kappa shape index (κ2) is 6.53. The Morgan fingerprint density at radius 1 is 1.00 bits per heavy atom. The van der Waals surface area contributed by atoms with Gasteiger partial charge in [0.05, 0.1) is 17.1 Å². The van der Waals surface area contributed by atoms with E-state index in [4.69, 9.17) is 0 Å². The van der Waals surface area contributed by atoms with E-state index in [-0.39, 0.29) is 0 Å². The zero-order valence-electron chi connectivity index (χ0n) is 13.9. The van der Waals surface area contributed by atoms with Crippen LogP contribution in [0.1, 0.15) is 29.4 Å². The normalized spacial score (nSPS) is 16.2. The molecular formula is C18H26N4. The van der Waals surface area contributed by atoms with Gasteiger partial charge >= 0.3 is 0 Å². The number of nitrogens with one attached hydrogen (secondary N) is 1. The Kier molecular flexibility index (Phi) is 4.48. The van der Waals surface area contributed by atoms with Gasteiger partial charge in [0.15, 0.2) is 0 Å². The molecule has 1 saturated heterocycles. The molecule has 118 valence electrons. The molecule has 1 fully saturated rings. The van der Waals surface area contributed by atoms with Crippen LogP contribution in [0.4, 0.5) is 5.69 Å². The van der Waals surface area contributed by atoms with Crippen molar-refractivity contribution in [2.45, 2.75) is 33.7 Å². The fraction of sp³-hybridized carbons (Fsp3) is 0.500. The molecule has 0 amide bonds. The van der Waals surface area contributed by atoms with Crippen molar-refractivity contribution in [2.75, 3.05) is 31.1 Å². The van der Waals surface area contributed by atoms with Crippen molar-refractivity contribution in [1.82, 2.24) is 15.1 Å². The highest BCUT2D eigenvalue weighted by atomic mass is 15.3. The van der Waals surface area contributed by atoms with Gasteiger partial charge in [0, 0.05) is 32.7 Å². The van der Waals surface area contributed by atoms with Gasteiger partial charge in [0.25, 0.3) is 0 Å². The zero-order chi connectivity index (χ0) is 15.5. The Labute approximate surface area is 133 Å². The number of aryl methyl sites for hydroxylation is 3. The average Bonchev–Trinajstić information content (AvgIpc) is 2.88. The molecule has 0 bridgehead atoms. The van der Waals surface area contributed by atoms with Crippen molar-refractivity contribution in [1.29, 1.82) is 0 Å². The molecular weight excluding hydrogens is 272 g/mol. The lowest BCUT2D eigenvalue weighted by atomic mass is 10.1. The fourth-order valence-corrected chi connectivity index (χ4v) is 3.28. The summed E-state index contributed by atoms with van der Waals surface area (Å²) in [4.78, 5) is 5.01. The first-order chi connectivity index (χ1) is 10.7. The second-order valence-corrected chi connectivity index (χ2v) is 6.22. The molecule has 1 N–H and O–H groups in total. The van der Waals surface area contributed by atoms with Crippen LogP contribution in [0.15, 0.2) is 24.3 Å². The number of nitrogens with zero attached hydrogens (tertiary/aromatic N) is 3. The third-order valence-electron chi connectivity index (χ3n) is 4.62. The van der Waals surface area contributed by atoms with Gasteiger partial charge in [-0.1, -0.05) is 31.2 Å². The Hall–Kier alpha value is -1.81. The smallest absolute Gasteiger partial charge is 0.0827 e. The van der Waals surface area contributed by atoms with Crippen LogP contribution in [-0.4, -0.2) is 41.3 Å². The van der Waals surface area contributed by atoms with E-state index < -0.39 is 0 Å². The predicted octanol–water partition coefficient (Wildman–Crippen LogP) is 2.91. The molecule has 1 aromatic heterocycles. The van der Waals surface area contributed by atoms with Gasteiger partial charge < -0.3 is 4.90 Å². The molecule has 0 spiro atoms. The first kappa shape index (κ1) is 15.1. The molecule has 0 atom stereocenters. The van der Waals surface area contributed by atoms with E-state index >= 15 is 0 Å². The molecule has 1 aliphatic rings. The number of aromatic nitrogens is 2. The van der Waals surface area contributed by atoms with Gasteiger partial charge in [-0.2, -0.15) is 5.10 Å². The van der Waals surface area contributed by atoms with Crippen LogP contribution in [0.5, 0.6) is 0 Å². The van der Waals surface area contributed by atoms with Crippen LogP contribution >= 0.6 is 0 Å². The van der Waals surface area contributed by atoms with E-state index in [2.05, 4.69) is 65.0 Å². The van der Waals surface area contributed by atoms with Crippen molar-refractivity contribution in [3.05, 3.63) is 46.8 Å². The Morgan fingerprint density at radius 2 is 1.64 bits per heavy atom. The number of rotatable bonds is 4. The third kappa shape index (κ3) is 3.17. The van der Waals surface area contributed by atoms with Gasteiger partial charge in [-0.05, 0) is 31.4 Å². The van der Waals surface area contributed by atoms with E-state index in [1.54, 1.807) is 0 Å². The quantitative estimate of drug-likeness (QED) is 0.942. The Morgan fingerprint density at radius 3 is 2.18 bits per heavy atom. The van der Waals surface area contributed by atoms with Crippen LogP contribution in [0.2, 0.25) is 0 Å². The molecule has 3 rings (SSSR count). The SMILES string of the molecule is CCc1ccc(CN2CCN(c3c(C)n[nH]c3C)CC2)cc1. The summed E-state index contributed by atoms with van der Waals surface area (Å²) < 4.78 is 0. The number of piperazine rings is 1. The third-order valence-corrected chi connectivity index (χ3v) is 4.62. The monoisotopic (exact) mass is 298 g/mol. The molecule has 0 saturated carbocycles. The highest BCUT2D eigenvalue weighted by Gasteiger charge is 2.21. The topological polar surface area (TPSA) is 35.2 Å². The number of anilines is 1. The summed E-state index contributed by atoms with van der Waals surface area (Å²) in [6, 6.07) is 9.05. The standard InChI is InChI=1S/C18H26N4/c1-4-16-5-7-17(8-6-16)13-21-9-11-22(12-10-21)18-14(2)19-20-15(18)3/h5-8H,4,9-13H2,1-3H3,(H,19,20). The molecule has 4 heteroatoms. The molecule has 0 aliphatic carbocycles. The van der Waals surface area contributed by atoms with Crippen LogP contribution in [0.3, 0.4) is 0 Å². The highest BCUT2D eigenvalue weighted by molar-refractivity contribution is 5.54. The lowest BCUT2D eigenvalue weighted by Gasteiger charge is -2.36. The van der Waals surface area contributed by atoms with Gasteiger partial charge in [0.2, 0.25) is 0 Å². The zero-order valence-corrected chi connectivity index (χ0v) is 13.9. The minimum atomic E-state index is 1.06. The first-order valence-electron chi connectivity index (χ1n) is 8.24. The van der Waals surface area contributed by atoms with Gasteiger partial charge in [-0.3, -0.25) is 10.00 Å². The number of H-pyrrole nitrogens is 1. The van der Waals surface area contributed by atoms with Crippen molar-refractivity contribution >= 4 is 5.69 Å². The van der Waals surface area contributed by atoms with Crippen LogP contribution in [0.25, 0.3) is 0 Å². The molecule has 2 heterocycles. The molecule has 0 unspecified atom stereocenters. The maximum atomic E-state index is 4.31. The van der Waals surface area contributed by atoms with E-state index in [1.807, 2.05) is 0 Å². The van der Waals surface area contributed by atoms with Crippen LogP contribution in [0, 0.1) is 13.8 Å². The molecule has 1 aromatic carbocycles. The molecule has 0 radical (unpaired) electrons. The van der Waals surface area contributed by atoms with E-state index in [0.29, 0.717) is 0 Å². The van der Waals surface area contributed by atoms with Gasteiger partial charge in [-0.15, -0.1) is 0 Å². The Balaban J connectivity index is 1.57. The lowest BCUT2D eigenvalue weighted by Crippen LogP contribution is -2.46. The average molecular weight is 298 g/mol.